The summed E-state index contributed by atoms with van der Waals surface area (Å²) in [4.78, 5) is 2.14. The third-order valence-electron chi connectivity index (χ3n) is 1.82. The van der Waals surface area contributed by atoms with E-state index in [4.69, 9.17) is 5.11 Å². The van der Waals surface area contributed by atoms with E-state index in [0.717, 1.165) is 0 Å². The van der Waals surface area contributed by atoms with Gasteiger partial charge in [-0.15, -0.1) is 0 Å². The van der Waals surface area contributed by atoms with Gasteiger partial charge in [-0.3, -0.25) is 4.90 Å². The van der Waals surface area contributed by atoms with Crippen LogP contribution in [0.1, 0.15) is 6.92 Å². The Morgan fingerprint density at radius 1 is 1.71 bits per heavy atom. The minimum absolute atomic E-state index is 0.317. The zero-order valence-corrected chi connectivity index (χ0v) is 4.76. The summed E-state index contributed by atoms with van der Waals surface area (Å²) in [6, 6.07) is 1.07. The van der Waals surface area contributed by atoms with E-state index < -0.39 is 0 Å². The average Bonchev–Trinajstić information content (AvgIpc) is 2.17. The molecule has 1 aliphatic heterocycles. The lowest BCUT2D eigenvalue weighted by Gasteiger charge is -1.82. The predicted molar refractivity (Wildman–Crippen MR) is 28.1 cm³/mol. The van der Waals surface area contributed by atoms with Crippen LogP contribution in [-0.4, -0.2) is 35.7 Å². The highest BCUT2D eigenvalue weighted by Gasteiger charge is 2.38. The molecule has 1 saturated heterocycles. The van der Waals surface area contributed by atoms with Crippen LogP contribution in [0.4, 0.5) is 0 Å². The molecule has 1 unspecified atom stereocenters. The van der Waals surface area contributed by atoms with Crippen molar-refractivity contribution in [1.29, 1.82) is 0 Å². The molecule has 1 fully saturated rings. The van der Waals surface area contributed by atoms with Gasteiger partial charge in [-0.1, -0.05) is 0 Å². The fourth-order valence-electron chi connectivity index (χ4n) is 0.855. The summed E-state index contributed by atoms with van der Waals surface area (Å²) in [6.45, 7) is 2.43. The molecule has 3 atom stereocenters. The Kier molecular flexibility index (Phi) is 1.05. The van der Waals surface area contributed by atoms with Gasteiger partial charge in [-0.2, -0.15) is 0 Å². The highest BCUT2D eigenvalue weighted by molar-refractivity contribution is 4.95. The van der Waals surface area contributed by atoms with Gasteiger partial charge in [-0.05, 0) is 14.0 Å². The number of hydrogen-bond acceptors (Lipinski definition) is 2. The molecule has 7 heavy (non-hydrogen) atoms. The van der Waals surface area contributed by atoms with E-state index in [9.17, 15) is 0 Å². The third-order valence-corrected chi connectivity index (χ3v) is 1.82. The van der Waals surface area contributed by atoms with Crippen molar-refractivity contribution in [3.05, 3.63) is 0 Å². The van der Waals surface area contributed by atoms with E-state index in [1.54, 1.807) is 0 Å². The van der Waals surface area contributed by atoms with Crippen LogP contribution in [0.2, 0.25) is 0 Å². The van der Waals surface area contributed by atoms with Crippen molar-refractivity contribution in [2.45, 2.75) is 19.0 Å². The van der Waals surface area contributed by atoms with Crippen molar-refractivity contribution >= 4 is 0 Å². The largest absolute Gasteiger partial charge is 0.395 e. The van der Waals surface area contributed by atoms with E-state index in [-0.39, 0.29) is 0 Å². The predicted octanol–water partition coefficient (Wildman–Crippen LogP) is -0.319. The number of likely N-dealkylation sites (N-methyl/N-ethyl adjacent to an activating group) is 1. The average molecular weight is 101 g/mol. The second-order valence-electron chi connectivity index (χ2n) is 2.16. The minimum Gasteiger partial charge on any atom is -0.395 e. The van der Waals surface area contributed by atoms with Crippen molar-refractivity contribution in [3.8, 4) is 0 Å². The van der Waals surface area contributed by atoms with Crippen molar-refractivity contribution in [1.82, 2.24) is 4.90 Å². The van der Waals surface area contributed by atoms with E-state index in [2.05, 4.69) is 11.8 Å². The van der Waals surface area contributed by atoms with Gasteiger partial charge in [0.2, 0.25) is 0 Å². The molecule has 1 rings (SSSR count). The molecule has 42 valence electrons. The quantitative estimate of drug-likeness (QED) is 0.457. The van der Waals surface area contributed by atoms with Gasteiger partial charge in [0, 0.05) is 12.1 Å². The fraction of sp³-hybridized carbons (Fsp3) is 1.00. The van der Waals surface area contributed by atoms with E-state index in [1.165, 1.54) is 0 Å². The minimum atomic E-state index is 0.317. The Labute approximate surface area is 43.7 Å². The smallest absolute Gasteiger partial charge is 0.0602 e. The van der Waals surface area contributed by atoms with Gasteiger partial charge in [0.1, 0.15) is 0 Å². The second-order valence-corrected chi connectivity index (χ2v) is 2.16. The lowest BCUT2D eigenvalue weighted by Crippen LogP contribution is -1.98. The van der Waals surface area contributed by atoms with Crippen LogP contribution >= 0.6 is 0 Å². The van der Waals surface area contributed by atoms with Crippen LogP contribution in [0.3, 0.4) is 0 Å². The van der Waals surface area contributed by atoms with Crippen LogP contribution in [0.25, 0.3) is 0 Å². The molecule has 0 amide bonds. The molecule has 1 aliphatic rings. The lowest BCUT2D eigenvalue weighted by atomic mass is 10.4. The van der Waals surface area contributed by atoms with Gasteiger partial charge in [0.05, 0.1) is 6.61 Å². The zero-order valence-electron chi connectivity index (χ0n) is 4.76. The van der Waals surface area contributed by atoms with Crippen LogP contribution < -0.4 is 0 Å². The molecule has 0 aromatic carbocycles. The number of aliphatic hydroxyl groups excluding tert-OH is 1. The summed E-state index contributed by atoms with van der Waals surface area (Å²) in [5.74, 6) is 0. The molecule has 1 heterocycles. The first-order chi connectivity index (χ1) is 3.27. The molecule has 2 nitrogen and oxygen atoms in total. The molecule has 0 radical (unpaired) electrons. The highest BCUT2D eigenvalue weighted by Crippen LogP contribution is 2.22. The fourth-order valence-corrected chi connectivity index (χ4v) is 0.855. The Balaban J connectivity index is 2.24. The molecule has 1 N–H and O–H groups in total. The zero-order chi connectivity index (χ0) is 5.44. The Bertz CT molecular complexity index is 66.5. The molecular formula is C5H11NO. The summed E-state index contributed by atoms with van der Waals surface area (Å²) in [6.07, 6.45) is 0. The van der Waals surface area contributed by atoms with Crippen molar-refractivity contribution in [2.24, 2.45) is 0 Å². The maximum absolute atomic E-state index is 8.51. The lowest BCUT2D eigenvalue weighted by molar-refractivity contribution is 0.280. The first kappa shape index (κ1) is 5.06. The standard InChI is InChI=1S/C5H11NO/c1-4-5(3-7)6(4)2/h4-5,7H,3H2,1-2H3/t4-,5+,6?/m0/s1. The van der Waals surface area contributed by atoms with Gasteiger partial charge in [0.15, 0.2) is 0 Å². The maximum Gasteiger partial charge on any atom is 0.0602 e. The van der Waals surface area contributed by atoms with Crippen LogP contribution in [0.15, 0.2) is 0 Å². The molecule has 2 heteroatoms. The molecule has 0 aliphatic carbocycles. The molecule has 0 saturated carbocycles. The summed E-state index contributed by atoms with van der Waals surface area (Å²) in [5, 5.41) is 8.51. The van der Waals surface area contributed by atoms with Crippen molar-refractivity contribution in [3.63, 3.8) is 0 Å². The van der Waals surface area contributed by atoms with Crippen LogP contribution in [0.5, 0.6) is 0 Å². The second kappa shape index (κ2) is 1.46. The van der Waals surface area contributed by atoms with Crippen LogP contribution in [-0.2, 0) is 0 Å². The number of rotatable bonds is 1. The van der Waals surface area contributed by atoms with Gasteiger partial charge in [0.25, 0.3) is 0 Å². The molecule has 0 spiro atoms. The topological polar surface area (TPSA) is 23.2 Å². The Morgan fingerprint density at radius 2 is 2.14 bits per heavy atom. The summed E-state index contributed by atoms with van der Waals surface area (Å²) >= 11 is 0. The molecular weight excluding hydrogens is 90.1 g/mol. The van der Waals surface area contributed by atoms with Gasteiger partial charge >= 0.3 is 0 Å². The number of aliphatic hydroxyl groups is 1. The summed E-state index contributed by atoms with van der Waals surface area (Å²) < 4.78 is 0. The van der Waals surface area contributed by atoms with E-state index >= 15 is 0 Å². The number of hydrogen-bond donors (Lipinski definition) is 1. The van der Waals surface area contributed by atoms with Crippen molar-refractivity contribution < 1.29 is 5.11 Å². The maximum atomic E-state index is 8.51. The van der Waals surface area contributed by atoms with E-state index in [0.29, 0.717) is 18.7 Å². The summed E-state index contributed by atoms with van der Waals surface area (Å²) in [5.41, 5.74) is 0. The third kappa shape index (κ3) is 0.640. The summed E-state index contributed by atoms with van der Waals surface area (Å²) in [7, 11) is 2.02. The SMILES string of the molecule is C[C@H]1[C@@H](CO)N1C. The Morgan fingerprint density at radius 3 is 2.14 bits per heavy atom. The first-order valence-corrected chi connectivity index (χ1v) is 2.60. The van der Waals surface area contributed by atoms with Gasteiger partial charge in [-0.25, -0.2) is 0 Å². The first-order valence-electron chi connectivity index (χ1n) is 2.60. The normalized spacial score (nSPS) is 49.3. The van der Waals surface area contributed by atoms with Gasteiger partial charge < -0.3 is 5.11 Å². The highest BCUT2D eigenvalue weighted by atomic mass is 16.3. The van der Waals surface area contributed by atoms with Crippen LogP contribution in [0, 0.1) is 0 Å². The Hall–Kier alpha value is -0.0800. The van der Waals surface area contributed by atoms with E-state index in [1.807, 2.05) is 7.05 Å². The molecule has 0 aromatic heterocycles. The molecule has 0 bridgehead atoms. The monoisotopic (exact) mass is 101 g/mol. The molecule has 0 aromatic rings. The number of nitrogens with zero attached hydrogens (tertiary/aromatic N) is 1. The van der Waals surface area contributed by atoms with Crippen molar-refractivity contribution in [2.75, 3.05) is 13.7 Å².